The highest BCUT2D eigenvalue weighted by Crippen LogP contribution is 2.45. The number of aromatic hydroxyl groups is 1. The molecule has 1 aromatic heterocycles. The summed E-state index contributed by atoms with van der Waals surface area (Å²) in [4.78, 5) is 5.78. The number of rotatable bonds is 6. The standard InChI is InChI=1S/C22H27FN2O4/c1-29-17-4-2-3-14(7-17)8-22(28)9-15-11-25(12-16(15)10-22)13-20(27)18-5-6-19(26)21(23)24-18/h2-7,15-16,20,26-28H,8-13H2,1H3. The zero-order valence-corrected chi connectivity index (χ0v) is 16.5. The fourth-order valence-corrected chi connectivity index (χ4v) is 4.98. The van der Waals surface area contributed by atoms with Gasteiger partial charge in [0.15, 0.2) is 5.75 Å². The van der Waals surface area contributed by atoms with Gasteiger partial charge in [-0.25, -0.2) is 4.98 Å². The lowest BCUT2D eigenvalue weighted by Crippen LogP contribution is -2.33. The number of halogens is 1. The van der Waals surface area contributed by atoms with Crippen molar-refractivity contribution in [2.75, 3.05) is 26.7 Å². The Morgan fingerprint density at radius 1 is 1.24 bits per heavy atom. The lowest BCUT2D eigenvalue weighted by molar-refractivity contribution is 0.0326. The van der Waals surface area contributed by atoms with Crippen LogP contribution in [0.5, 0.6) is 11.5 Å². The SMILES string of the molecule is COc1cccc(CC2(O)CC3CN(CC(O)c4ccc(O)c(F)n4)CC3C2)c1. The number of ether oxygens (including phenoxy) is 1. The van der Waals surface area contributed by atoms with E-state index in [1.807, 2.05) is 24.3 Å². The summed E-state index contributed by atoms with van der Waals surface area (Å²) in [7, 11) is 1.64. The Balaban J connectivity index is 1.34. The number of methoxy groups -OCH3 is 1. The Morgan fingerprint density at radius 2 is 1.97 bits per heavy atom. The number of aromatic nitrogens is 1. The summed E-state index contributed by atoms with van der Waals surface area (Å²) < 4.78 is 18.7. The van der Waals surface area contributed by atoms with Crippen molar-refractivity contribution >= 4 is 0 Å². The van der Waals surface area contributed by atoms with Gasteiger partial charge in [0.1, 0.15) is 11.9 Å². The summed E-state index contributed by atoms with van der Waals surface area (Å²) >= 11 is 0. The van der Waals surface area contributed by atoms with Crippen molar-refractivity contribution in [3.05, 3.63) is 53.6 Å². The van der Waals surface area contributed by atoms with Crippen LogP contribution in [0.25, 0.3) is 0 Å². The predicted molar refractivity (Wildman–Crippen MR) is 105 cm³/mol. The summed E-state index contributed by atoms with van der Waals surface area (Å²) in [5, 5.41) is 30.8. The molecule has 6 nitrogen and oxygen atoms in total. The molecule has 1 aliphatic carbocycles. The molecule has 0 radical (unpaired) electrons. The van der Waals surface area contributed by atoms with Crippen molar-refractivity contribution in [2.45, 2.75) is 31.0 Å². The molecule has 1 aliphatic heterocycles. The molecule has 1 saturated heterocycles. The second-order valence-electron chi connectivity index (χ2n) is 8.46. The number of β-amino-alcohol motifs (C(OH)–C–C–N with tert-alkyl or cyclic N) is 1. The van der Waals surface area contributed by atoms with Gasteiger partial charge in [0.25, 0.3) is 5.95 Å². The van der Waals surface area contributed by atoms with E-state index in [0.29, 0.717) is 24.8 Å². The van der Waals surface area contributed by atoms with Crippen molar-refractivity contribution in [2.24, 2.45) is 11.8 Å². The number of aliphatic hydroxyl groups excluding tert-OH is 1. The molecule has 2 heterocycles. The number of hydrogen-bond donors (Lipinski definition) is 3. The molecule has 1 saturated carbocycles. The number of pyridine rings is 1. The lowest BCUT2D eigenvalue weighted by Gasteiger charge is -2.27. The molecule has 2 aliphatic rings. The minimum atomic E-state index is -0.970. The number of fused-ring (bicyclic) bond motifs is 1. The first-order valence-corrected chi connectivity index (χ1v) is 9.96. The van der Waals surface area contributed by atoms with E-state index in [4.69, 9.17) is 4.74 Å². The second kappa shape index (κ2) is 7.89. The summed E-state index contributed by atoms with van der Waals surface area (Å²) in [6, 6.07) is 10.5. The van der Waals surface area contributed by atoms with Crippen molar-refractivity contribution in [3.8, 4) is 11.5 Å². The van der Waals surface area contributed by atoms with Crippen molar-refractivity contribution < 1.29 is 24.4 Å². The zero-order chi connectivity index (χ0) is 20.6. The summed E-state index contributed by atoms with van der Waals surface area (Å²) in [6.07, 6.45) is 1.15. The average molecular weight is 402 g/mol. The minimum Gasteiger partial charge on any atom is -0.504 e. The first-order valence-electron chi connectivity index (χ1n) is 9.96. The fraction of sp³-hybridized carbons (Fsp3) is 0.500. The first kappa shape index (κ1) is 20.1. The number of benzene rings is 1. The van der Waals surface area contributed by atoms with Gasteiger partial charge in [0, 0.05) is 26.1 Å². The molecule has 0 spiro atoms. The average Bonchev–Trinajstić information content (AvgIpc) is 3.17. The molecule has 2 fully saturated rings. The third-order valence-electron chi connectivity index (χ3n) is 6.23. The van der Waals surface area contributed by atoms with E-state index in [1.54, 1.807) is 7.11 Å². The van der Waals surface area contributed by atoms with Crippen LogP contribution in [-0.4, -0.2) is 57.5 Å². The fourth-order valence-electron chi connectivity index (χ4n) is 4.98. The molecule has 4 rings (SSSR count). The number of aliphatic hydroxyl groups is 2. The molecular weight excluding hydrogens is 375 g/mol. The third-order valence-corrected chi connectivity index (χ3v) is 6.23. The minimum absolute atomic E-state index is 0.215. The van der Waals surface area contributed by atoms with E-state index in [-0.39, 0.29) is 5.69 Å². The summed E-state index contributed by atoms with van der Waals surface area (Å²) in [5.41, 5.74) is 0.569. The lowest BCUT2D eigenvalue weighted by atomic mass is 9.91. The van der Waals surface area contributed by atoms with E-state index in [1.165, 1.54) is 12.1 Å². The molecule has 29 heavy (non-hydrogen) atoms. The van der Waals surface area contributed by atoms with Gasteiger partial charge in [0.05, 0.1) is 18.4 Å². The molecule has 7 heteroatoms. The first-order chi connectivity index (χ1) is 13.8. The number of likely N-dealkylation sites (tertiary alicyclic amines) is 1. The molecule has 0 bridgehead atoms. The molecule has 3 N–H and O–H groups in total. The number of hydrogen-bond acceptors (Lipinski definition) is 6. The number of nitrogens with zero attached hydrogens (tertiary/aromatic N) is 2. The van der Waals surface area contributed by atoms with Crippen molar-refractivity contribution in [1.29, 1.82) is 0 Å². The van der Waals surface area contributed by atoms with Gasteiger partial charge in [-0.3, -0.25) is 4.90 Å². The quantitative estimate of drug-likeness (QED) is 0.643. The van der Waals surface area contributed by atoms with E-state index in [9.17, 15) is 19.7 Å². The Hall–Kier alpha value is -2.22. The smallest absolute Gasteiger partial charge is 0.255 e. The Labute approximate surface area is 169 Å². The maximum absolute atomic E-state index is 13.4. The summed E-state index contributed by atoms with van der Waals surface area (Å²) in [5.74, 6) is 0.0581. The van der Waals surface area contributed by atoms with E-state index < -0.39 is 23.4 Å². The van der Waals surface area contributed by atoms with Crippen LogP contribution in [0.15, 0.2) is 36.4 Å². The van der Waals surface area contributed by atoms with Crippen LogP contribution in [0.3, 0.4) is 0 Å². The maximum Gasteiger partial charge on any atom is 0.255 e. The largest absolute Gasteiger partial charge is 0.504 e. The molecule has 2 aromatic rings. The van der Waals surface area contributed by atoms with Crippen LogP contribution in [0, 0.1) is 17.8 Å². The van der Waals surface area contributed by atoms with E-state index >= 15 is 0 Å². The monoisotopic (exact) mass is 402 g/mol. The van der Waals surface area contributed by atoms with Gasteiger partial charge in [-0.2, -0.15) is 4.39 Å². The van der Waals surface area contributed by atoms with Crippen LogP contribution in [0.1, 0.15) is 30.2 Å². The van der Waals surface area contributed by atoms with Gasteiger partial charge in [0.2, 0.25) is 0 Å². The summed E-state index contributed by atoms with van der Waals surface area (Å²) in [6.45, 7) is 1.95. The topological polar surface area (TPSA) is 86.1 Å². The van der Waals surface area contributed by atoms with Gasteiger partial charge in [-0.15, -0.1) is 0 Å². The van der Waals surface area contributed by atoms with Crippen LogP contribution in [0.4, 0.5) is 4.39 Å². The Morgan fingerprint density at radius 3 is 2.62 bits per heavy atom. The molecular formula is C22H27FN2O4. The zero-order valence-electron chi connectivity index (χ0n) is 16.5. The van der Waals surface area contributed by atoms with E-state index in [0.717, 1.165) is 37.2 Å². The third kappa shape index (κ3) is 4.37. The van der Waals surface area contributed by atoms with Gasteiger partial charge >= 0.3 is 0 Å². The highest BCUT2D eigenvalue weighted by Gasteiger charge is 2.48. The van der Waals surface area contributed by atoms with Gasteiger partial charge in [-0.1, -0.05) is 12.1 Å². The highest BCUT2D eigenvalue weighted by molar-refractivity contribution is 5.30. The molecule has 0 amide bonds. The molecule has 3 unspecified atom stereocenters. The molecule has 1 aromatic carbocycles. The van der Waals surface area contributed by atoms with Crippen LogP contribution in [-0.2, 0) is 6.42 Å². The molecule has 3 atom stereocenters. The van der Waals surface area contributed by atoms with Gasteiger partial charge in [-0.05, 0) is 54.5 Å². The Bertz CT molecular complexity index is 864. The predicted octanol–water partition coefficient (Wildman–Crippen LogP) is 2.28. The van der Waals surface area contributed by atoms with Crippen LogP contribution >= 0.6 is 0 Å². The van der Waals surface area contributed by atoms with Crippen molar-refractivity contribution in [3.63, 3.8) is 0 Å². The van der Waals surface area contributed by atoms with Gasteiger partial charge < -0.3 is 20.1 Å². The maximum atomic E-state index is 13.4. The normalized spacial score (nSPS) is 27.7. The van der Waals surface area contributed by atoms with Crippen LogP contribution in [0.2, 0.25) is 0 Å². The van der Waals surface area contributed by atoms with Crippen molar-refractivity contribution in [1.82, 2.24) is 9.88 Å². The highest BCUT2D eigenvalue weighted by atomic mass is 19.1. The molecule has 156 valence electrons. The second-order valence-corrected chi connectivity index (χ2v) is 8.46. The Kier molecular flexibility index (Phi) is 5.46. The van der Waals surface area contributed by atoms with E-state index in [2.05, 4.69) is 9.88 Å². The van der Waals surface area contributed by atoms with Crippen LogP contribution < -0.4 is 4.74 Å².